The predicted molar refractivity (Wildman–Crippen MR) is 108 cm³/mol. The number of aromatic nitrogens is 1. The monoisotopic (exact) mass is 425 g/mol. The van der Waals surface area contributed by atoms with Crippen LogP contribution in [0.2, 0.25) is 5.02 Å². The van der Waals surface area contributed by atoms with Crippen LogP contribution < -0.4 is 10.2 Å². The molecule has 3 heterocycles. The summed E-state index contributed by atoms with van der Waals surface area (Å²) in [5, 5.41) is 3.37. The highest BCUT2D eigenvalue weighted by Gasteiger charge is 2.37. The summed E-state index contributed by atoms with van der Waals surface area (Å²) in [6.07, 6.45) is 4.20. The van der Waals surface area contributed by atoms with Gasteiger partial charge in [-0.05, 0) is 54.6 Å². The van der Waals surface area contributed by atoms with E-state index < -0.39 is 17.8 Å². The highest BCUT2D eigenvalue weighted by Crippen LogP contribution is 2.31. The number of hydrogen-bond donors (Lipinski definition) is 1. The number of nitrogens with zero attached hydrogens (tertiary/aromatic N) is 2. The van der Waals surface area contributed by atoms with Gasteiger partial charge in [0.05, 0.1) is 5.69 Å². The number of nitrogens with one attached hydrogen (secondary N) is 1. The van der Waals surface area contributed by atoms with Crippen LogP contribution in [0.15, 0.2) is 80.9 Å². The lowest BCUT2D eigenvalue weighted by atomic mass is 10.1. The topological polar surface area (TPSA) is 92.5 Å². The minimum absolute atomic E-state index is 0.209. The third-order valence-corrected chi connectivity index (χ3v) is 5.12. The van der Waals surface area contributed by atoms with Gasteiger partial charge in [0.15, 0.2) is 5.09 Å². The molecule has 1 aliphatic heterocycles. The van der Waals surface area contributed by atoms with E-state index >= 15 is 0 Å². The van der Waals surface area contributed by atoms with Gasteiger partial charge in [-0.15, -0.1) is 0 Å². The Morgan fingerprint density at radius 3 is 2.45 bits per heavy atom. The Balaban J connectivity index is 1.59. The molecule has 3 aromatic rings. The van der Waals surface area contributed by atoms with E-state index in [9.17, 15) is 14.4 Å². The molecule has 0 aliphatic carbocycles. The quantitative estimate of drug-likeness (QED) is 0.498. The minimum Gasteiger partial charge on any atom is -0.450 e. The molecule has 144 valence electrons. The highest BCUT2D eigenvalue weighted by atomic mass is 35.5. The van der Waals surface area contributed by atoms with Crippen LogP contribution in [0.3, 0.4) is 0 Å². The molecule has 4 amide bonds. The van der Waals surface area contributed by atoms with E-state index in [0.717, 1.165) is 9.80 Å². The van der Waals surface area contributed by atoms with Gasteiger partial charge in [0.2, 0.25) is 0 Å². The smallest absolute Gasteiger partial charge is 0.335 e. The van der Waals surface area contributed by atoms with E-state index in [-0.39, 0.29) is 5.57 Å². The van der Waals surface area contributed by atoms with Gasteiger partial charge in [-0.2, -0.15) is 0 Å². The van der Waals surface area contributed by atoms with Crippen LogP contribution >= 0.6 is 23.4 Å². The van der Waals surface area contributed by atoms with Gasteiger partial charge >= 0.3 is 6.03 Å². The van der Waals surface area contributed by atoms with E-state index in [4.69, 9.17) is 16.0 Å². The molecule has 0 atom stereocenters. The van der Waals surface area contributed by atoms with Crippen LogP contribution in [0.4, 0.5) is 10.5 Å². The summed E-state index contributed by atoms with van der Waals surface area (Å²) in [6.45, 7) is 0. The number of pyridine rings is 1. The van der Waals surface area contributed by atoms with Crippen molar-refractivity contribution in [1.29, 1.82) is 0 Å². The number of urea groups is 1. The summed E-state index contributed by atoms with van der Waals surface area (Å²) in [6, 6.07) is 12.8. The van der Waals surface area contributed by atoms with E-state index in [1.807, 2.05) is 12.1 Å². The van der Waals surface area contributed by atoms with E-state index in [2.05, 4.69) is 10.3 Å². The second-order valence-corrected chi connectivity index (χ2v) is 7.39. The molecule has 0 radical (unpaired) electrons. The van der Waals surface area contributed by atoms with E-state index in [0.29, 0.717) is 21.6 Å². The summed E-state index contributed by atoms with van der Waals surface area (Å²) < 4.78 is 5.69. The van der Waals surface area contributed by atoms with Crippen LogP contribution in [-0.4, -0.2) is 22.8 Å². The lowest BCUT2D eigenvalue weighted by Crippen LogP contribution is -2.54. The lowest BCUT2D eigenvalue weighted by Gasteiger charge is -2.25. The van der Waals surface area contributed by atoms with Gasteiger partial charge in [-0.3, -0.25) is 19.9 Å². The number of amides is 4. The molecule has 9 heteroatoms. The SMILES string of the molecule is O=C1NC(=O)N(c2ccncc2)C(=O)/C1=C/c1ccc(Sc2ccc(Cl)cc2)o1. The Morgan fingerprint density at radius 1 is 1.00 bits per heavy atom. The number of carbonyl (C=O) groups is 3. The molecule has 1 N–H and O–H groups in total. The molecule has 4 rings (SSSR count). The average molecular weight is 426 g/mol. The first-order valence-corrected chi connectivity index (χ1v) is 9.55. The number of carbonyl (C=O) groups excluding carboxylic acids is 3. The summed E-state index contributed by atoms with van der Waals surface area (Å²) in [7, 11) is 0. The fourth-order valence-electron chi connectivity index (χ4n) is 2.61. The number of benzene rings is 1. The van der Waals surface area contributed by atoms with Crippen molar-refractivity contribution in [1.82, 2.24) is 10.3 Å². The highest BCUT2D eigenvalue weighted by molar-refractivity contribution is 7.99. The molecule has 0 saturated carbocycles. The second kappa shape index (κ2) is 7.94. The van der Waals surface area contributed by atoms with Crippen molar-refractivity contribution in [2.24, 2.45) is 0 Å². The molecule has 1 saturated heterocycles. The number of hydrogen-bond acceptors (Lipinski definition) is 6. The maximum atomic E-state index is 12.8. The molecule has 29 heavy (non-hydrogen) atoms. The molecule has 1 fully saturated rings. The van der Waals surface area contributed by atoms with Crippen molar-refractivity contribution in [3.05, 3.63) is 77.3 Å². The molecule has 0 bridgehead atoms. The number of imide groups is 2. The molecular weight excluding hydrogens is 414 g/mol. The third kappa shape index (κ3) is 4.08. The number of rotatable bonds is 4. The fourth-order valence-corrected chi connectivity index (χ4v) is 3.52. The maximum Gasteiger partial charge on any atom is 0.335 e. The second-order valence-electron chi connectivity index (χ2n) is 5.88. The Morgan fingerprint density at radius 2 is 1.72 bits per heavy atom. The van der Waals surface area contributed by atoms with Gasteiger partial charge in [-0.25, -0.2) is 9.69 Å². The molecule has 7 nitrogen and oxygen atoms in total. The van der Waals surface area contributed by atoms with E-state index in [1.165, 1.54) is 42.4 Å². The van der Waals surface area contributed by atoms with Crippen molar-refractivity contribution in [3.8, 4) is 0 Å². The first-order valence-electron chi connectivity index (χ1n) is 8.36. The van der Waals surface area contributed by atoms with Crippen molar-refractivity contribution in [2.75, 3.05) is 4.90 Å². The first-order chi connectivity index (χ1) is 14.0. The van der Waals surface area contributed by atoms with Gasteiger partial charge < -0.3 is 4.42 Å². The first kappa shape index (κ1) is 19.0. The zero-order valence-corrected chi connectivity index (χ0v) is 16.2. The van der Waals surface area contributed by atoms with E-state index in [1.54, 1.807) is 24.3 Å². The summed E-state index contributed by atoms with van der Waals surface area (Å²) in [4.78, 5) is 42.8. The largest absolute Gasteiger partial charge is 0.450 e. The summed E-state index contributed by atoms with van der Waals surface area (Å²) in [5.74, 6) is -1.22. The summed E-state index contributed by atoms with van der Waals surface area (Å²) in [5.41, 5.74) is 0.0955. The molecule has 2 aromatic heterocycles. The van der Waals surface area contributed by atoms with Crippen molar-refractivity contribution >= 4 is 53.0 Å². The Hall–Kier alpha value is -3.36. The van der Waals surface area contributed by atoms with Crippen LogP contribution in [0.25, 0.3) is 6.08 Å². The average Bonchev–Trinajstić information content (AvgIpc) is 3.15. The third-order valence-electron chi connectivity index (χ3n) is 3.94. The number of anilines is 1. The van der Waals surface area contributed by atoms with Gasteiger partial charge in [-0.1, -0.05) is 23.4 Å². The molecule has 0 spiro atoms. The molecule has 1 aliphatic rings. The van der Waals surface area contributed by atoms with Gasteiger partial charge in [0.25, 0.3) is 11.8 Å². The fraction of sp³-hybridized carbons (Fsp3) is 0. The maximum absolute atomic E-state index is 12.8. The zero-order chi connectivity index (χ0) is 20.4. The van der Waals surface area contributed by atoms with Crippen LogP contribution in [-0.2, 0) is 9.59 Å². The van der Waals surface area contributed by atoms with Crippen molar-refractivity contribution in [2.45, 2.75) is 9.99 Å². The summed E-state index contributed by atoms with van der Waals surface area (Å²) >= 11 is 7.25. The Kier molecular flexibility index (Phi) is 5.20. The Bertz CT molecular complexity index is 1130. The molecule has 0 unspecified atom stereocenters. The molecular formula is C20H12ClN3O4S. The minimum atomic E-state index is -0.818. The number of barbiturate groups is 1. The number of halogens is 1. The predicted octanol–water partition coefficient (Wildman–Crippen LogP) is 4.15. The van der Waals surface area contributed by atoms with Gasteiger partial charge in [0, 0.05) is 22.3 Å². The normalized spacial score (nSPS) is 15.7. The van der Waals surface area contributed by atoms with Crippen molar-refractivity contribution in [3.63, 3.8) is 0 Å². The zero-order valence-electron chi connectivity index (χ0n) is 14.7. The lowest BCUT2D eigenvalue weighted by molar-refractivity contribution is -0.122. The van der Waals surface area contributed by atoms with Crippen LogP contribution in [0.1, 0.15) is 5.76 Å². The molecule has 1 aromatic carbocycles. The standard InChI is InChI=1S/C20H12ClN3O4S/c21-12-1-4-15(5-2-12)29-17-6-3-14(28-17)11-16-18(25)23-20(27)24(19(16)26)13-7-9-22-10-8-13/h1-11H,(H,23,25,27)/b16-11+. The Labute approximate surface area is 174 Å². The van der Waals surface area contributed by atoms with Crippen LogP contribution in [0.5, 0.6) is 0 Å². The van der Waals surface area contributed by atoms with Gasteiger partial charge in [0.1, 0.15) is 11.3 Å². The van der Waals surface area contributed by atoms with Crippen molar-refractivity contribution < 1.29 is 18.8 Å². The van der Waals surface area contributed by atoms with Crippen LogP contribution in [0, 0.1) is 0 Å². The number of furan rings is 1.